The SMILES string of the molecule is C[C@@H](NC(=O)C1(C)CCNCC1)c1ccc(Cl)cc1. The maximum Gasteiger partial charge on any atom is 0.226 e. The number of carbonyl (C=O) groups excluding carboxylic acids is 1. The second-order valence-electron chi connectivity index (χ2n) is 5.56. The summed E-state index contributed by atoms with van der Waals surface area (Å²) in [4.78, 5) is 12.4. The molecule has 0 radical (unpaired) electrons. The number of rotatable bonds is 3. The topological polar surface area (TPSA) is 41.1 Å². The molecule has 1 fully saturated rings. The fourth-order valence-corrected chi connectivity index (χ4v) is 2.54. The molecule has 1 aromatic carbocycles. The number of halogens is 1. The zero-order valence-corrected chi connectivity index (χ0v) is 12.3. The van der Waals surface area contributed by atoms with E-state index in [0.29, 0.717) is 5.02 Å². The molecule has 4 heteroatoms. The summed E-state index contributed by atoms with van der Waals surface area (Å²) in [5, 5.41) is 7.12. The predicted molar refractivity (Wildman–Crippen MR) is 78.2 cm³/mol. The average molecular weight is 281 g/mol. The maximum absolute atomic E-state index is 12.4. The van der Waals surface area contributed by atoms with Crippen LogP contribution in [0.1, 0.15) is 38.3 Å². The number of hydrogen-bond acceptors (Lipinski definition) is 2. The molecule has 1 saturated heterocycles. The normalized spacial score (nSPS) is 19.7. The van der Waals surface area contributed by atoms with Gasteiger partial charge in [0.15, 0.2) is 0 Å². The van der Waals surface area contributed by atoms with Crippen LogP contribution in [-0.2, 0) is 4.79 Å². The molecular weight excluding hydrogens is 260 g/mol. The molecule has 0 unspecified atom stereocenters. The quantitative estimate of drug-likeness (QED) is 0.894. The largest absolute Gasteiger partial charge is 0.349 e. The number of nitrogens with one attached hydrogen (secondary N) is 2. The van der Waals surface area contributed by atoms with Gasteiger partial charge in [-0.25, -0.2) is 0 Å². The third kappa shape index (κ3) is 3.48. The molecule has 2 N–H and O–H groups in total. The fourth-order valence-electron chi connectivity index (χ4n) is 2.41. The van der Waals surface area contributed by atoms with Gasteiger partial charge in [0.1, 0.15) is 0 Å². The van der Waals surface area contributed by atoms with Crippen LogP contribution in [0.15, 0.2) is 24.3 Å². The van der Waals surface area contributed by atoms with E-state index in [1.807, 2.05) is 31.2 Å². The Kier molecular flexibility index (Phi) is 4.48. The molecule has 104 valence electrons. The van der Waals surface area contributed by atoms with Gasteiger partial charge >= 0.3 is 0 Å². The first kappa shape index (κ1) is 14.4. The van der Waals surface area contributed by atoms with Crippen molar-refractivity contribution < 1.29 is 4.79 Å². The van der Waals surface area contributed by atoms with Gasteiger partial charge in [-0.05, 0) is 50.6 Å². The molecule has 1 amide bonds. The van der Waals surface area contributed by atoms with Crippen molar-refractivity contribution in [1.29, 1.82) is 0 Å². The van der Waals surface area contributed by atoms with E-state index in [0.717, 1.165) is 31.5 Å². The summed E-state index contributed by atoms with van der Waals surface area (Å²) < 4.78 is 0. The summed E-state index contributed by atoms with van der Waals surface area (Å²) in [6, 6.07) is 7.63. The van der Waals surface area contributed by atoms with Gasteiger partial charge in [-0.2, -0.15) is 0 Å². The first-order chi connectivity index (χ1) is 9.01. The van der Waals surface area contributed by atoms with Crippen LogP contribution in [0.3, 0.4) is 0 Å². The maximum atomic E-state index is 12.4. The summed E-state index contributed by atoms with van der Waals surface area (Å²) in [6.45, 7) is 5.89. The third-order valence-electron chi connectivity index (χ3n) is 3.97. The summed E-state index contributed by atoms with van der Waals surface area (Å²) in [6.07, 6.45) is 1.79. The van der Waals surface area contributed by atoms with Crippen LogP contribution in [0, 0.1) is 5.41 Å². The van der Waals surface area contributed by atoms with Crippen LogP contribution in [0.2, 0.25) is 5.02 Å². The molecule has 1 aliphatic heterocycles. The Balaban J connectivity index is 2.00. The van der Waals surface area contributed by atoms with Crippen molar-refractivity contribution in [2.75, 3.05) is 13.1 Å². The van der Waals surface area contributed by atoms with E-state index >= 15 is 0 Å². The van der Waals surface area contributed by atoms with Crippen molar-refractivity contribution in [3.05, 3.63) is 34.9 Å². The molecule has 1 aromatic rings. The summed E-state index contributed by atoms with van der Waals surface area (Å²) in [7, 11) is 0. The zero-order chi connectivity index (χ0) is 13.9. The number of benzene rings is 1. The smallest absolute Gasteiger partial charge is 0.226 e. The van der Waals surface area contributed by atoms with Gasteiger partial charge in [-0.1, -0.05) is 30.7 Å². The molecule has 2 rings (SSSR count). The molecule has 0 aromatic heterocycles. The van der Waals surface area contributed by atoms with Crippen molar-refractivity contribution in [3.63, 3.8) is 0 Å². The van der Waals surface area contributed by atoms with Crippen LogP contribution in [0.5, 0.6) is 0 Å². The van der Waals surface area contributed by atoms with E-state index < -0.39 is 0 Å². The molecule has 0 spiro atoms. The lowest BCUT2D eigenvalue weighted by Gasteiger charge is -2.33. The number of amides is 1. The Labute approximate surface area is 119 Å². The van der Waals surface area contributed by atoms with E-state index in [2.05, 4.69) is 17.6 Å². The molecule has 19 heavy (non-hydrogen) atoms. The molecule has 1 atom stereocenters. The lowest BCUT2D eigenvalue weighted by Crippen LogP contribution is -2.46. The Morgan fingerprint density at radius 1 is 1.32 bits per heavy atom. The monoisotopic (exact) mass is 280 g/mol. The van der Waals surface area contributed by atoms with E-state index in [9.17, 15) is 4.79 Å². The standard InChI is InChI=1S/C15H21ClN2O/c1-11(12-3-5-13(16)6-4-12)18-14(19)15(2)7-9-17-10-8-15/h3-6,11,17H,7-10H2,1-2H3,(H,18,19)/t11-/m1/s1. The Morgan fingerprint density at radius 2 is 1.89 bits per heavy atom. The van der Waals surface area contributed by atoms with E-state index in [1.54, 1.807) is 0 Å². The van der Waals surface area contributed by atoms with Crippen LogP contribution < -0.4 is 10.6 Å². The Hall–Kier alpha value is -1.06. The van der Waals surface area contributed by atoms with Gasteiger partial charge in [-0.3, -0.25) is 4.79 Å². The minimum absolute atomic E-state index is 0.0106. The lowest BCUT2D eigenvalue weighted by atomic mass is 9.80. The second kappa shape index (κ2) is 5.93. The van der Waals surface area contributed by atoms with Gasteiger partial charge in [0.25, 0.3) is 0 Å². The molecule has 0 saturated carbocycles. The van der Waals surface area contributed by atoms with Crippen molar-refractivity contribution >= 4 is 17.5 Å². The molecular formula is C15H21ClN2O. The van der Waals surface area contributed by atoms with Gasteiger partial charge in [-0.15, -0.1) is 0 Å². The van der Waals surface area contributed by atoms with Crippen LogP contribution in [-0.4, -0.2) is 19.0 Å². The van der Waals surface area contributed by atoms with Crippen LogP contribution >= 0.6 is 11.6 Å². The molecule has 1 aliphatic rings. The Morgan fingerprint density at radius 3 is 2.47 bits per heavy atom. The lowest BCUT2D eigenvalue weighted by molar-refractivity contribution is -0.132. The highest BCUT2D eigenvalue weighted by molar-refractivity contribution is 6.30. The molecule has 0 aliphatic carbocycles. The zero-order valence-electron chi connectivity index (χ0n) is 11.5. The second-order valence-corrected chi connectivity index (χ2v) is 5.99. The van der Waals surface area contributed by atoms with Crippen molar-refractivity contribution in [2.45, 2.75) is 32.7 Å². The fraction of sp³-hybridized carbons (Fsp3) is 0.533. The first-order valence-corrected chi connectivity index (χ1v) is 7.16. The summed E-state index contributed by atoms with van der Waals surface area (Å²) in [5.41, 5.74) is 0.835. The predicted octanol–water partition coefficient (Wildman–Crippen LogP) is 2.91. The van der Waals surface area contributed by atoms with Crippen molar-refractivity contribution in [2.24, 2.45) is 5.41 Å². The van der Waals surface area contributed by atoms with Gasteiger partial charge in [0.05, 0.1) is 6.04 Å². The van der Waals surface area contributed by atoms with E-state index in [1.165, 1.54) is 0 Å². The van der Waals surface area contributed by atoms with Crippen LogP contribution in [0.25, 0.3) is 0 Å². The number of carbonyl (C=O) groups is 1. The molecule has 3 nitrogen and oxygen atoms in total. The highest BCUT2D eigenvalue weighted by Gasteiger charge is 2.35. The minimum atomic E-state index is -0.244. The summed E-state index contributed by atoms with van der Waals surface area (Å²) in [5.74, 6) is 0.149. The van der Waals surface area contributed by atoms with Crippen LogP contribution in [0.4, 0.5) is 0 Å². The molecule has 0 bridgehead atoms. The minimum Gasteiger partial charge on any atom is -0.349 e. The average Bonchev–Trinajstić information content (AvgIpc) is 2.40. The highest BCUT2D eigenvalue weighted by Crippen LogP contribution is 2.29. The van der Waals surface area contributed by atoms with E-state index in [-0.39, 0.29) is 17.4 Å². The first-order valence-electron chi connectivity index (χ1n) is 6.78. The van der Waals surface area contributed by atoms with Crippen molar-refractivity contribution in [1.82, 2.24) is 10.6 Å². The Bertz CT molecular complexity index is 438. The van der Waals surface area contributed by atoms with E-state index in [4.69, 9.17) is 11.6 Å². The summed E-state index contributed by atoms with van der Waals surface area (Å²) >= 11 is 5.87. The number of hydrogen-bond donors (Lipinski definition) is 2. The highest BCUT2D eigenvalue weighted by atomic mass is 35.5. The van der Waals surface area contributed by atoms with Gasteiger partial charge in [0, 0.05) is 10.4 Å². The molecule has 1 heterocycles. The van der Waals surface area contributed by atoms with Crippen molar-refractivity contribution in [3.8, 4) is 0 Å². The third-order valence-corrected chi connectivity index (χ3v) is 4.22. The van der Waals surface area contributed by atoms with Gasteiger partial charge < -0.3 is 10.6 Å². The number of piperidine rings is 1. The van der Waals surface area contributed by atoms with Gasteiger partial charge in [0.2, 0.25) is 5.91 Å².